The summed E-state index contributed by atoms with van der Waals surface area (Å²) >= 11 is 0. The van der Waals surface area contributed by atoms with E-state index in [4.69, 9.17) is 4.74 Å². The van der Waals surface area contributed by atoms with Gasteiger partial charge in [0.05, 0.1) is 28.5 Å². The summed E-state index contributed by atoms with van der Waals surface area (Å²) in [4.78, 5) is 13.0. The van der Waals surface area contributed by atoms with Gasteiger partial charge < -0.3 is 15.4 Å². The van der Waals surface area contributed by atoms with E-state index < -0.39 is 0 Å². The van der Waals surface area contributed by atoms with Crippen molar-refractivity contribution in [3.05, 3.63) is 120 Å². The van der Waals surface area contributed by atoms with E-state index in [1.165, 1.54) is 6.20 Å². The SMILES string of the molecule is C=C/C=C\C(=C/C)NC(=O)c1cn2ncc(C#N)c(Nc3ccc(Oc4ccccc4)cc3)c2c1C. The number of nitrogens with one attached hydrogen (secondary N) is 2. The van der Waals surface area contributed by atoms with Crippen LogP contribution >= 0.6 is 0 Å². The molecule has 7 heteroatoms. The monoisotopic (exact) mass is 475 g/mol. The molecule has 0 aliphatic heterocycles. The van der Waals surface area contributed by atoms with E-state index >= 15 is 0 Å². The molecule has 2 N–H and O–H groups in total. The van der Waals surface area contributed by atoms with Crippen LogP contribution in [0.15, 0.2) is 104 Å². The highest BCUT2D eigenvalue weighted by molar-refractivity contribution is 6.01. The van der Waals surface area contributed by atoms with Crippen molar-refractivity contribution in [2.75, 3.05) is 5.32 Å². The fourth-order valence-electron chi connectivity index (χ4n) is 3.68. The van der Waals surface area contributed by atoms with Crippen molar-refractivity contribution in [3.8, 4) is 17.6 Å². The molecule has 0 atom stereocenters. The summed E-state index contributed by atoms with van der Waals surface area (Å²) in [5, 5.41) is 20.3. The van der Waals surface area contributed by atoms with Gasteiger partial charge in [-0.15, -0.1) is 0 Å². The van der Waals surface area contributed by atoms with Gasteiger partial charge in [0.15, 0.2) is 0 Å². The first-order chi connectivity index (χ1) is 17.5. The van der Waals surface area contributed by atoms with E-state index in [1.807, 2.05) is 68.4 Å². The predicted molar refractivity (Wildman–Crippen MR) is 141 cm³/mol. The van der Waals surface area contributed by atoms with Crippen molar-refractivity contribution < 1.29 is 9.53 Å². The minimum Gasteiger partial charge on any atom is -0.457 e. The Morgan fingerprint density at radius 3 is 2.53 bits per heavy atom. The highest BCUT2D eigenvalue weighted by Gasteiger charge is 2.20. The number of carbonyl (C=O) groups is 1. The average Bonchev–Trinajstić information content (AvgIpc) is 3.25. The van der Waals surface area contributed by atoms with E-state index in [2.05, 4.69) is 28.4 Å². The Hall–Kier alpha value is -5.09. The molecule has 0 aliphatic rings. The number of amides is 1. The maximum atomic E-state index is 13.0. The number of benzene rings is 2. The van der Waals surface area contributed by atoms with Crippen molar-refractivity contribution in [1.82, 2.24) is 14.9 Å². The highest BCUT2D eigenvalue weighted by atomic mass is 16.5. The fourth-order valence-corrected chi connectivity index (χ4v) is 3.68. The zero-order chi connectivity index (χ0) is 25.5. The number of aromatic nitrogens is 2. The number of nitriles is 1. The first kappa shape index (κ1) is 24.0. The van der Waals surface area contributed by atoms with Crippen LogP contribution in [0.1, 0.15) is 28.4 Å². The first-order valence-electron chi connectivity index (χ1n) is 11.3. The molecule has 36 heavy (non-hydrogen) atoms. The summed E-state index contributed by atoms with van der Waals surface area (Å²) in [5.41, 5.74) is 4.15. The molecule has 0 saturated carbocycles. The minimum absolute atomic E-state index is 0.272. The number of nitrogens with zero attached hydrogens (tertiary/aromatic N) is 3. The average molecular weight is 476 g/mol. The van der Waals surface area contributed by atoms with Crippen molar-refractivity contribution in [1.29, 1.82) is 5.26 Å². The van der Waals surface area contributed by atoms with E-state index in [9.17, 15) is 10.1 Å². The number of anilines is 2. The zero-order valence-electron chi connectivity index (χ0n) is 20.0. The topological polar surface area (TPSA) is 91.5 Å². The Bertz CT molecular complexity index is 1510. The molecule has 0 saturated heterocycles. The van der Waals surface area contributed by atoms with Crippen LogP contribution in [0.4, 0.5) is 11.4 Å². The van der Waals surface area contributed by atoms with Gasteiger partial charge in [0.25, 0.3) is 5.91 Å². The first-order valence-corrected chi connectivity index (χ1v) is 11.3. The number of aryl methyl sites for hydroxylation is 1. The van der Waals surface area contributed by atoms with Crippen LogP contribution in [0.3, 0.4) is 0 Å². The summed E-state index contributed by atoms with van der Waals surface area (Å²) in [6.45, 7) is 7.33. The second-order valence-electron chi connectivity index (χ2n) is 7.86. The molecular weight excluding hydrogens is 450 g/mol. The van der Waals surface area contributed by atoms with Crippen molar-refractivity contribution in [2.45, 2.75) is 13.8 Å². The van der Waals surface area contributed by atoms with Crippen LogP contribution in [0.25, 0.3) is 5.52 Å². The lowest BCUT2D eigenvalue weighted by Gasteiger charge is -2.12. The van der Waals surface area contributed by atoms with Gasteiger partial charge in [-0.05, 0) is 61.9 Å². The van der Waals surface area contributed by atoms with Crippen LogP contribution in [-0.2, 0) is 0 Å². The van der Waals surface area contributed by atoms with Crippen LogP contribution in [0.5, 0.6) is 11.5 Å². The molecular formula is C29H25N5O2. The van der Waals surface area contributed by atoms with Crippen molar-refractivity contribution >= 4 is 22.8 Å². The molecule has 4 rings (SSSR count). The second-order valence-corrected chi connectivity index (χ2v) is 7.86. The molecule has 0 bridgehead atoms. The molecule has 2 aromatic heterocycles. The third-order valence-corrected chi connectivity index (χ3v) is 5.51. The van der Waals surface area contributed by atoms with Crippen LogP contribution < -0.4 is 15.4 Å². The lowest BCUT2D eigenvalue weighted by atomic mass is 10.1. The van der Waals surface area contributed by atoms with E-state index in [1.54, 1.807) is 35.0 Å². The van der Waals surface area contributed by atoms with Gasteiger partial charge in [-0.25, -0.2) is 4.52 Å². The van der Waals surface area contributed by atoms with Gasteiger partial charge in [0.1, 0.15) is 17.6 Å². The van der Waals surface area contributed by atoms with E-state index in [0.717, 1.165) is 11.4 Å². The molecule has 0 radical (unpaired) electrons. The largest absolute Gasteiger partial charge is 0.457 e. The molecule has 7 nitrogen and oxygen atoms in total. The Labute approximate surface area is 209 Å². The number of ether oxygens (including phenoxy) is 1. The number of rotatable bonds is 8. The molecule has 2 aromatic carbocycles. The van der Waals surface area contributed by atoms with E-state index in [0.29, 0.717) is 39.3 Å². The van der Waals surface area contributed by atoms with Gasteiger partial charge in [-0.1, -0.05) is 43.0 Å². The smallest absolute Gasteiger partial charge is 0.257 e. The summed E-state index contributed by atoms with van der Waals surface area (Å²) in [6, 6.07) is 19.1. The van der Waals surface area contributed by atoms with Crippen LogP contribution in [0, 0.1) is 18.3 Å². The normalized spacial score (nSPS) is 11.3. The van der Waals surface area contributed by atoms with E-state index in [-0.39, 0.29) is 5.91 Å². The van der Waals surface area contributed by atoms with Crippen molar-refractivity contribution in [3.63, 3.8) is 0 Å². The lowest BCUT2D eigenvalue weighted by Crippen LogP contribution is -2.22. The summed E-state index contributed by atoms with van der Waals surface area (Å²) in [7, 11) is 0. The third kappa shape index (κ3) is 5.18. The highest BCUT2D eigenvalue weighted by Crippen LogP contribution is 2.31. The molecule has 0 fully saturated rings. The number of para-hydroxylation sites is 1. The Balaban J connectivity index is 1.64. The number of hydrogen-bond donors (Lipinski definition) is 2. The number of carbonyl (C=O) groups excluding carboxylic acids is 1. The number of fused-ring (bicyclic) bond motifs is 1. The quantitative estimate of drug-likeness (QED) is 0.287. The molecule has 0 spiro atoms. The maximum absolute atomic E-state index is 13.0. The second kappa shape index (κ2) is 10.9. The standard InChI is InChI=1S/C29H25N5O2/c1-4-6-10-22(5-2)33-29(35)26-19-34-28(20(26)3)27(21(17-30)18-31-34)32-23-13-15-25(16-14-23)36-24-11-8-7-9-12-24/h4-16,18-19,32H,1H2,2-3H3,(H,33,35)/b10-6-,22-5+. The molecule has 0 aliphatic carbocycles. The zero-order valence-corrected chi connectivity index (χ0v) is 20.0. The molecule has 0 unspecified atom stereocenters. The summed E-state index contributed by atoms with van der Waals surface area (Å²) in [5.74, 6) is 1.17. The Morgan fingerprint density at radius 2 is 1.86 bits per heavy atom. The molecule has 4 aromatic rings. The Morgan fingerprint density at radius 1 is 1.14 bits per heavy atom. The minimum atomic E-state index is -0.272. The summed E-state index contributed by atoms with van der Waals surface area (Å²) in [6.07, 6.45) is 10.1. The van der Waals surface area contributed by atoms with Gasteiger partial charge in [0.2, 0.25) is 0 Å². The predicted octanol–water partition coefficient (Wildman–Crippen LogP) is 6.43. The van der Waals surface area contributed by atoms with Crippen molar-refractivity contribution in [2.24, 2.45) is 0 Å². The maximum Gasteiger partial charge on any atom is 0.257 e. The molecule has 1 amide bonds. The molecule has 178 valence electrons. The number of allylic oxidation sites excluding steroid dienone is 4. The van der Waals surface area contributed by atoms with Gasteiger partial charge in [0, 0.05) is 17.6 Å². The van der Waals surface area contributed by atoms with Gasteiger partial charge in [-0.3, -0.25) is 4.79 Å². The van der Waals surface area contributed by atoms with Crippen LogP contribution in [-0.4, -0.2) is 15.5 Å². The Kier molecular flexibility index (Phi) is 7.28. The third-order valence-electron chi connectivity index (χ3n) is 5.51. The number of hydrogen-bond acceptors (Lipinski definition) is 5. The fraction of sp³-hybridized carbons (Fsp3) is 0.0690. The molecule has 2 heterocycles. The summed E-state index contributed by atoms with van der Waals surface area (Å²) < 4.78 is 7.47. The lowest BCUT2D eigenvalue weighted by molar-refractivity contribution is 0.0966. The van der Waals surface area contributed by atoms with Gasteiger partial charge >= 0.3 is 0 Å². The van der Waals surface area contributed by atoms with Crippen LogP contribution in [0.2, 0.25) is 0 Å². The van der Waals surface area contributed by atoms with Gasteiger partial charge in [-0.2, -0.15) is 10.4 Å².